The Morgan fingerprint density at radius 3 is 1.77 bits per heavy atom. The first-order chi connectivity index (χ1) is 30.8. The average molecular weight is 849 g/mol. The van der Waals surface area contributed by atoms with Crippen molar-refractivity contribution in [2.75, 3.05) is 9.80 Å². The topological polar surface area (TPSA) is 32.8 Å². The van der Waals surface area contributed by atoms with Crippen LogP contribution >= 0.6 is 11.3 Å². The van der Waals surface area contributed by atoms with Gasteiger partial charge in [-0.3, -0.25) is 0 Å². The Morgan fingerprint density at radius 1 is 0.500 bits per heavy atom. The van der Waals surface area contributed by atoms with Gasteiger partial charge in [0.05, 0.1) is 23.2 Å². The summed E-state index contributed by atoms with van der Waals surface area (Å²) < 4.78 is 13.6. The van der Waals surface area contributed by atoms with E-state index in [1.807, 2.05) is 42.1 Å². The van der Waals surface area contributed by atoms with E-state index in [0.29, 0.717) is 0 Å². The molecule has 5 heterocycles. The lowest BCUT2D eigenvalue weighted by Crippen LogP contribution is -2.61. The van der Waals surface area contributed by atoms with Crippen molar-refractivity contribution < 1.29 is 8.83 Å². The van der Waals surface area contributed by atoms with Gasteiger partial charge in [0.25, 0.3) is 6.71 Å². The van der Waals surface area contributed by atoms with Crippen molar-refractivity contribution in [1.29, 1.82) is 0 Å². The number of para-hydroxylation sites is 2. The summed E-state index contributed by atoms with van der Waals surface area (Å²) >= 11 is 1.93. The number of furan rings is 2. The van der Waals surface area contributed by atoms with Crippen molar-refractivity contribution in [2.45, 2.75) is 66.2 Å². The molecule has 2 aliphatic heterocycles. The number of hydrogen-bond donors (Lipinski definition) is 0. The molecule has 0 radical (unpaired) electrons. The van der Waals surface area contributed by atoms with E-state index >= 15 is 0 Å². The van der Waals surface area contributed by atoms with Gasteiger partial charge in [-0.05, 0) is 128 Å². The van der Waals surface area contributed by atoms with E-state index in [1.54, 1.807) is 0 Å². The van der Waals surface area contributed by atoms with Gasteiger partial charge >= 0.3 is 0 Å². The first kappa shape index (κ1) is 38.9. The lowest BCUT2D eigenvalue weighted by molar-refractivity contribution is 0.589. The lowest BCUT2D eigenvalue weighted by atomic mass is 9.33. The maximum Gasteiger partial charge on any atom is 0.254 e. The molecule has 64 heavy (non-hydrogen) atoms. The molecule has 0 bridgehead atoms. The highest BCUT2D eigenvalue weighted by Crippen LogP contribution is 2.51. The molecule has 2 aliphatic rings. The number of fused-ring (bicyclic) bond motifs is 8. The van der Waals surface area contributed by atoms with E-state index in [0.717, 1.165) is 49.9 Å². The second-order valence-corrected chi connectivity index (χ2v) is 20.9. The molecule has 0 saturated carbocycles. The van der Waals surface area contributed by atoms with Crippen LogP contribution in [0.5, 0.6) is 0 Å². The fourth-order valence-corrected chi connectivity index (χ4v) is 11.8. The highest BCUT2D eigenvalue weighted by atomic mass is 32.1. The standard InChI is InChI=1S/C58H49BN2O2S/c1-34-27-39(58(6,7)8)28-35(2)55(34)61-48-20-14-19-47-54(48)59(53-43-31-38(57(3,4)5)24-26-52(43)64-56(53)61)46-25-23-37(45-33-63-51-22-12-10-18-42(45)51)30-49(46)60(47)40-16-13-15-36(29-40)44-32-62-50-21-11-9-17-41(44)50/h9-33H,1-8H3. The molecule has 3 aromatic heterocycles. The molecule has 0 unspecified atom stereocenters. The van der Waals surface area contributed by atoms with Gasteiger partial charge in [-0.25, -0.2) is 0 Å². The number of hydrogen-bond acceptors (Lipinski definition) is 5. The van der Waals surface area contributed by atoms with Gasteiger partial charge in [0, 0.05) is 49.3 Å². The molecule has 312 valence electrons. The van der Waals surface area contributed by atoms with E-state index in [2.05, 4.69) is 187 Å². The van der Waals surface area contributed by atoms with E-state index in [4.69, 9.17) is 8.83 Å². The van der Waals surface area contributed by atoms with E-state index in [1.165, 1.54) is 76.5 Å². The van der Waals surface area contributed by atoms with Gasteiger partial charge in [-0.2, -0.15) is 0 Å². The third kappa shape index (κ3) is 5.81. The molecule has 0 amide bonds. The van der Waals surface area contributed by atoms with Crippen LogP contribution in [0.3, 0.4) is 0 Å². The first-order valence-electron chi connectivity index (χ1n) is 22.4. The first-order valence-corrected chi connectivity index (χ1v) is 23.2. The Labute approximate surface area is 379 Å². The van der Waals surface area contributed by atoms with Gasteiger partial charge in [0.1, 0.15) is 11.2 Å². The minimum Gasteiger partial charge on any atom is -0.464 e. The number of aryl methyl sites for hydroxylation is 2. The molecule has 4 nitrogen and oxygen atoms in total. The minimum absolute atomic E-state index is 0.00867. The molecule has 0 N–H and O–H groups in total. The summed E-state index contributed by atoms with van der Waals surface area (Å²) in [5.41, 5.74) is 21.4. The summed E-state index contributed by atoms with van der Waals surface area (Å²) in [5.74, 6) is 0. The molecule has 12 rings (SSSR count). The Bertz CT molecular complexity index is 3510. The fourth-order valence-electron chi connectivity index (χ4n) is 10.5. The number of rotatable bonds is 4. The highest BCUT2D eigenvalue weighted by molar-refractivity contribution is 7.26. The second-order valence-electron chi connectivity index (χ2n) is 19.9. The van der Waals surface area contributed by atoms with Crippen LogP contribution in [0.2, 0.25) is 0 Å². The van der Waals surface area contributed by atoms with Crippen LogP contribution in [-0.4, -0.2) is 6.71 Å². The van der Waals surface area contributed by atoms with E-state index in [9.17, 15) is 0 Å². The van der Waals surface area contributed by atoms with Crippen molar-refractivity contribution >= 4 is 99.9 Å². The SMILES string of the molecule is Cc1cc(C(C)(C)C)cc(C)c1N1c2cccc3c2B(c2ccc(-c4coc5ccccc45)cc2N3c2cccc(-c3coc4ccccc34)c2)c2c1sc1ccc(C(C)(C)C)cc21. The molecule has 0 fully saturated rings. The van der Waals surface area contributed by atoms with Crippen molar-refractivity contribution in [1.82, 2.24) is 0 Å². The molecule has 0 saturated heterocycles. The molecule has 6 heteroatoms. The maximum atomic E-state index is 6.17. The zero-order valence-corrected chi connectivity index (χ0v) is 38.4. The Balaban J connectivity index is 1.17. The summed E-state index contributed by atoms with van der Waals surface area (Å²) in [6.07, 6.45) is 3.82. The van der Waals surface area contributed by atoms with Gasteiger partial charge in [-0.1, -0.05) is 133 Å². The van der Waals surface area contributed by atoms with Crippen molar-refractivity contribution in [3.8, 4) is 22.3 Å². The Hall–Kier alpha value is -6.76. The molecule has 7 aromatic carbocycles. The van der Waals surface area contributed by atoms with Gasteiger partial charge in [-0.15, -0.1) is 11.3 Å². The van der Waals surface area contributed by atoms with Crippen LogP contribution in [0.25, 0.3) is 54.3 Å². The van der Waals surface area contributed by atoms with Crippen LogP contribution < -0.4 is 26.2 Å². The third-order valence-electron chi connectivity index (χ3n) is 13.7. The minimum atomic E-state index is -0.0155. The summed E-state index contributed by atoms with van der Waals surface area (Å²) in [7, 11) is 0. The Kier molecular flexibility index (Phi) is 8.43. The largest absolute Gasteiger partial charge is 0.464 e. The second kappa shape index (κ2) is 13.9. The summed E-state index contributed by atoms with van der Waals surface area (Å²) in [4.78, 5) is 5.13. The number of benzene rings is 7. The number of thiophene rings is 1. The van der Waals surface area contributed by atoms with Crippen molar-refractivity contribution in [2.24, 2.45) is 0 Å². The highest BCUT2D eigenvalue weighted by Gasteiger charge is 2.46. The van der Waals surface area contributed by atoms with Crippen molar-refractivity contribution in [3.05, 3.63) is 174 Å². The normalized spacial score (nSPS) is 13.5. The fraction of sp³-hybridized carbons (Fsp3) is 0.172. The summed E-state index contributed by atoms with van der Waals surface area (Å²) in [5, 5.41) is 4.85. The number of nitrogens with zero attached hydrogens (tertiary/aromatic N) is 2. The predicted molar refractivity (Wildman–Crippen MR) is 273 cm³/mol. The zero-order valence-electron chi connectivity index (χ0n) is 37.6. The van der Waals surface area contributed by atoms with Gasteiger partial charge in [0.15, 0.2) is 0 Å². The molecular formula is C58H49BN2O2S. The molecule has 0 atom stereocenters. The summed E-state index contributed by atoms with van der Waals surface area (Å²) in [6.45, 7) is 18.5. The van der Waals surface area contributed by atoms with Crippen LogP contribution in [-0.2, 0) is 10.8 Å². The van der Waals surface area contributed by atoms with Gasteiger partial charge in [0.2, 0.25) is 0 Å². The quantitative estimate of drug-likeness (QED) is 0.165. The predicted octanol–water partition coefficient (Wildman–Crippen LogP) is 15.0. The average Bonchev–Trinajstić information content (AvgIpc) is 4.02. The lowest BCUT2D eigenvalue weighted by Gasteiger charge is -2.44. The van der Waals surface area contributed by atoms with Crippen LogP contribution in [0.1, 0.15) is 63.8 Å². The number of anilines is 6. The van der Waals surface area contributed by atoms with Crippen molar-refractivity contribution in [3.63, 3.8) is 0 Å². The monoisotopic (exact) mass is 848 g/mol. The zero-order chi connectivity index (χ0) is 43.8. The molecule has 0 spiro atoms. The van der Waals surface area contributed by atoms with E-state index < -0.39 is 0 Å². The third-order valence-corrected chi connectivity index (χ3v) is 14.9. The summed E-state index contributed by atoms with van der Waals surface area (Å²) in [6, 6.07) is 51.8. The Morgan fingerprint density at radius 2 is 1.11 bits per heavy atom. The molecule has 10 aromatic rings. The van der Waals surface area contributed by atoms with Gasteiger partial charge < -0.3 is 18.6 Å². The maximum absolute atomic E-state index is 6.17. The van der Waals surface area contributed by atoms with Crippen LogP contribution in [0.15, 0.2) is 161 Å². The molecule has 0 aliphatic carbocycles. The van der Waals surface area contributed by atoms with Crippen LogP contribution in [0.4, 0.5) is 33.4 Å². The van der Waals surface area contributed by atoms with E-state index in [-0.39, 0.29) is 17.5 Å². The smallest absolute Gasteiger partial charge is 0.254 e. The van der Waals surface area contributed by atoms with Crippen LogP contribution in [0, 0.1) is 13.8 Å². The molecular weight excluding hydrogens is 800 g/mol.